The molecule has 2 aromatic heterocycles. The Morgan fingerprint density at radius 2 is 1.94 bits per heavy atom. The third kappa shape index (κ3) is 4.95. The van der Waals surface area contributed by atoms with Gasteiger partial charge in [-0.15, -0.1) is 10.2 Å². The van der Waals surface area contributed by atoms with Crippen LogP contribution in [0.15, 0.2) is 76.5 Å². The van der Waals surface area contributed by atoms with E-state index in [1.807, 2.05) is 47.9 Å². The van der Waals surface area contributed by atoms with Crippen LogP contribution in [0.4, 0.5) is 0 Å². The number of hydrogen-bond acceptors (Lipinski definition) is 5. The average Bonchev–Trinajstić information content (AvgIpc) is 3.43. The van der Waals surface area contributed by atoms with Crippen molar-refractivity contribution in [2.24, 2.45) is 0 Å². The van der Waals surface area contributed by atoms with Crippen molar-refractivity contribution in [3.8, 4) is 17.1 Å². The van der Waals surface area contributed by atoms with Crippen LogP contribution < -0.4 is 5.32 Å². The van der Waals surface area contributed by atoms with Gasteiger partial charge in [0.05, 0.1) is 23.1 Å². The number of furan rings is 1. The van der Waals surface area contributed by atoms with Crippen molar-refractivity contribution >= 4 is 40.9 Å². The van der Waals surface area contributed by atoms with Gasteiger partial charge < -0.3 is 9.73 Å². The van der Waals surface area contributed by atoms with Gasteiger partial charge in [-0.25, -0.2) is 0 Å². The summed E-state index contributed by atoms with van der Waals surface area (Å²) >= 11 is 13.8. The maximum absolute atomic E-state index is 12.5. The Hall–Kier alpha value is -2.74. The topological polar surface area (TPSA) is 73.0 Å². The molecular formula is C22H18Cl2N4O2S. The Bertz CT molecular complexity index is 1180. The number of hydrogen-bond donors (Lipinski definition) is 1. The number of carbonyl (C=O) groups excluding carboxylic acids is 1. The van der Waals surface area contributed by atoms with E-state index >= 15 is 0 Å². The minimum absolute atomic E-state index is 0.136. The first-order valence-corrected chi connectivity index (χ1v) is 11.2. The fourth-order valence-corrected chi connectivity index (χ4v) is 4.30. The lowest BCUT2D eigenvalue weighted by molar-refractivity contribution is -0.119. The highest BCUT2D eigenvalue weighted by molar-refractivity contribution is 7.99. The van der Waals surface area contributed by atoms with E-state index in [-0.39, 0.29) is 17.7 Å². The number of para-hydroxylation sites is 1. The molecule has 0 aliphatic heterocycles. The van der Waals surface area contributed by atoms with Gasteiger partial charge in [0.15, 0.2) is 11.0 Å². The van der Waals surface area contributed by atoms with Crippen LogP contribution in [-0.2, 0) is 4.79 Å². The van der Waals surface area contributed by atoms with Crippen LogP contribution in [0.3, 0.4) is 0 Å². The second kappa shape index (κ2) is 9.60. The molecule has 158 valence electrons. The molecule has 6 nitrogen and oxygen atoms in total. The fourth-order valence-electron chi connectivity index (χ4n) is 3.04. The van der Waals surface area contributed by atoms with Gasteiger partial charge in [-0.2, -0.15) is 0 Å². The summed E-state index contributed by atoms with van der Waals surface area (Å²) < 4.78 is 7.22. The third-order valence-electron chi connectivity index (χ3n) is 4.50. The van der Waals surface area contributed by atoms with Crippen molar-refractivity contribution in [1.82, 2.24) is 20.1 Å². The second-order valence-electron chi connectivity index (χ2n) is 6.69. The van der Waals surface area contributed by atoms with Crippen LogP contribution in [0, 0.1) is 0 Å². The Kier molecular flexibility index (Phi) is 6.65. The summed E-state index contributed by atoms with van der Waals surface area (Å²) in [5.41, 5.74) is 1.56. The smallest absolute Gasteiger partial charge is 0.231 e. The van der Waals surface area contributed by atoms with Crippen LogP contribution >= 0.6 is 35.0 Å². The zero-order valence-corrected chi connectivity index (χ0v) is 18.8. The van der Waals surface area contributed by atoms with Crippen molar-refractivity contribution in [1.29, 1.82) is 0 Å². The van der Waals surface area contributed by atoms with E-state index < -0.39 is 0 Å². The minimum atomic E-state index is -0.224. The molecule has 0 aliphatic rings. The number of nitrogens with zero attached hydrogens (tertiary/aromatic N) is 3. The summed E-state index contributed by atoms with van der Waals surface area (Å²) in [6.45, 7) is 1.87. The molecule has 0 bridgehead atoms. The quantitative estimate of drug-likeness (QED) is 0.343. The first-order chi connectivity index (χ1) is 15.0. The van der Waals surface area contributed by atoms with Crippen molar-refractivity contribution in [2.75, 3.05) is 5.75 Å². The van der Waals surface area contributed by atoms with E-state index in [0.29, 0.717) is 32.3 Å². The molecule has 4 rings (SSSR count). The number of carbonyl (C=O) groups is 1. The van der Waals surface area contributed by atoms with Crippen LogP contribution in [0.2, 0.25) is 10.0 Å². The molecule has 0 radical (unpaired) electrons. The monoisotopic (exact) mass is 472 g/mol. The molecule has 4 aromatic rings. The SMILES string of the molecule is CC(NC(=O)CSc1nnc(-c2ccc(Cl)cc2Cl)n1-c1ccccc1)c1ccco1. The Balaban J connectivity index is 1.59. The highest BCUT2D eigenvalue weighted by Crippen LogP contribution is 2.33. The first kappa shape index (κ1) is 21.5. The second-order valence-corrected chi connectivity index (χ2v) is 8.48. The molecule has 0 saturated heterocycles. The largest absolute Gasteiger partial charge is 0.467 e. The number of amides is 1. The molecule has 1 amide bonds. The Labute approximate surface area is 193 Å². The Morgan fingerprint density at radius 3 is 2.65 bits per heavy atom. The third-order valence-corrected chi connectivity index (χ3v) is 5.98. The molecule has 0 spiro atoms. The molecule has 1 unspecified atom stereocenters. The lowest BCUT2D eigenvalue weighted by Gasteiger charge is -2.13. The summed E-state index contributed by atoms with van der Waals surface area (Å²) in [7, 11) is 0. The lowest BCUT2D eigenvalue weighted by Crippen LogP contribution is -2.28. The molecule has 2 aromatic carbocycles. The standard InChI is InChI=1S/C22H18Cl2N4O2S/c1-14(19-8-5-11-30-19)25-20(29)13-31-22-27-26-21(17-10-9-15(23)12-18(17)24)28(22)16-6-3-2-4-7-16/h2-12,14H,13H2,1H3,(H,25,29). The fraction of sp³-hybridized carbons (Fsp3) is 0.136. The van der Waals surface area contributed by atoms with Crippen molar-refractivity contribution in [3.05, 3.63) is 82.7 Å². The molecular weight excluding hydrogens is 455 g/mol. The van der Waals surface area contributed by atoms with Gasteiger partial charge in [0.1, 0.15) is 5.76 Å². The summed E-state index contributed by atoms with van der Waals surface area (Å²) in [5, 5.41) is 13.2. The van der Waals surface area contributed by atoms with Gasteiger partial charge in [-0.3, -0.25) is 9.36 Å². The van der Waals surface area contributed by atoms with E-state index in [2.05, 4.69) is 15.5 Å². The van der Waals surface area contributed by atoms with Gasteiger partial charge in [0, 0.05) is 16.3 Å². The van der Waals surface area contributed by atoms with E-state index in [1.165, 1.54) is 11.8 Å². The van der Waals surface area contributed by atoms with Crippen molar-refractivity contribution < 1.29 is 9.21 Å². The maximum atomic E-state index is 12.5. The molecule has 0 saturated carbocycles. The van der Waals surface area contributed by atoms with Crippen LogP contribution in [-0.4, -0.2) is 26.4 Å². The molecule has 1 atom stereocenters. The highest BCUT2D eigenvalue weighted by Gasteiger charge is 2.20. The van der Waals surface area contributed by atoms with Crippen LogP contribution in [0.1, 0.15) is 18.7 Å². The summed E-state index contributed by atoms with van der Waals surface area (Å²) in [6.07, 6.45) is 1.58. The molecule has 0 fully saturated rings. The highest BCUT2D eigenvalue weighted by atomic mass is 35.5. The summed E-state index contributed by atoms with van der Waals surface area (Å²) in [5.74, 6) is 1.30. The van der Waals surface area contributed by atoms with Gasteiger partial charge >= 0.3 is 0 Å². The predicted molar refractivity (Wildman–Crippen MR) is 123 cm³/mol. The number of aromatic nitrogens is 3. The van der Waals surface area contributed by atoms with Gasteiger partial charge in [0.2, 0.25) is 5.91 Å². The number of nitrogens with one attached hydrogen (secondary N) is 1. The number of rotatable bonds is 7. The van der Waals surface area contributed by atoms with Crippen molar-refractivity contribution in [3.63, 3.8) is 0 Å². The van der Waals surface area contributed by atoms with E-state index in [4.69, 9.17) is 27.6 Å². The average molecular weight is 473 g/mol. The molecule has 0 aliphatic carbocycles. The van der Waals surface area contributed by atoms with E-state index in [9.17, 15) is 4.79 Å². The lowest BCUT2D eigenvalue weighted by atomic mass is 10.2. The maximum Gasteiger partial charge on any atom is 0.231 e. The van der Waals surface area contributed by atoms with Crippen LogP contribution in [0.25, 0.3) is 17.1 Å². The number of halogens is 2. The first-order valence-electron chi connectivity index (χ1n) is 9.45. The molecule has 31 heavy (non-hydrogen) atoms. The summed E-state index contributed by atoms with van der Waals surface area (Å²) in [6, 6.07) is 18.3. The number of benzene rings is 2. The van der Waals surface area contributed by atoms with Crippen LogP contribution in [0.5, 0.6) is 0 Å². The van der Waals surface area contributed by atoms with E-state index in [0.717, 1.165) is 5.69 Å². The zero-order chi connectivity index (χ0) is 21.8. The molecule has 2 heterocycles. The zero-order valence-electron chi connectivity index (χ0n) is 16.5. The normalized spacial score (nSPS) is 12.0. The minimum Gasteiger partial charge on any atom is -0.467 e. The van der Waals surface area contributed by atoms with E-state index in [1.54, 1.807) is 30.5 Å². The van der Waals surface area contributed by atoms with Crippen molar-refractivity contribution in [2.45, 2.75) is 18.1 Å². The van der Waals surface area contributed by atoms with Gasteiger partial charge in [0.25, 0.3) is 0 Å². The predicted octanol–water partition coefficient (Wildman–Crippen LogP) is 5.80. The summed E-state index contributed by atoms with van der Waals surface area (Å²) in [4.78, 5) is 12.5. The molecule has 1 N–H and O–H groups in total. The Morgan fingerprint density at radius 1 is 1.13 bits per heavy atom. The van der Waals surface area contributed by atoms with Gasteiger partial charge in [-0.1, -0.05) is 53.2 Å². The number of thioether (sulfide) groups is 1. The molecule has 9 heteroatoms. The van der Waals surface area contributed by atoms with Gasteiger partial charge in [-0.05, 0) is 49.4 Å².